The van der Waals surface area contributed by atoms with E-state index in [2.05, 4.69) is 6.07 Å². The van der Waals surface area contributed by atoms with Crippen molar-refractivity contribution in [2.45, 2.75) is 25.3 Å². The summed E-state index contributed by atoms with van der Waals surface area (Å²) in [6, 6.07) is 7.74. The number of nitrogens with zero attached hydrogens (tertiary/aromatic N) is 2. The maximum atomic E-state index is 12.7. The van der Waals surface area contributed by atoms with Gasteiger partial charge in [0.05, 0.1) is 18.1 Å². The van der Waals surface area contributed by atoms with Gasteiger partial charge in [-0.15, -0.1) is 0 Å². The van der Waals surface area contributed by atoms with Crippen LogP contribution in [0.5, 0.6) is 11.5 Å². The molecule has 5 nitrogen and oxygen atoms in total. The van der Waals surface area contributed by atoms with E-state index in [-0.39, 0.29) is 11.9 Å². The molecule has 0 radical (unpaired) electrons. The van der Waals surface area contributed by atoms with E-state index in [9.17, 15) is 4.79 Å². The first-order valence-corrected chi connectivity index (χ1v) is 6.88. The number of carbonyl (C=O) groups excluding carboxylic acids is 1. The largest absolute Gasteiger partial charge is 0.486 e. The van der Waals surface area contributed by atoms with Gasteiger partial charge in [0.2, 0.25) is 0 Å². The predicted octanol–water partition coefficient (Wildman–Crippen LogP) is 1.98. The van der Waals surface area contributed by atoms with Crippen LogP contribution in [0.25, 0.3) is 0 Å². The van der Waals surface area contributed by atoms with Crippen molar-refractivity contribution >= 4 is 5.91 Å². The van der Waals surface area contributed by atoms with Crippen molar-refractivity contribution in [3.05, 3.63) is 23.8 Å². The molecule has 2 aliphatic rings. The summed E-state index contributed by atoms with van der Waals surface area (Å²) in [4.78, 5) is 14.5. The maximum Gasteiger partial charge on any atom is 0.258 e. The highest BCUT2D eigenvalue weighted by Gasteiger charge is 2.34. The summed E-state index contributed by atoms with van der Waals surface area (Å²) < 4.78 is 11.1. The van der Waals surface area contributed by atoms with Crippen molar-refractivity contribution in [1.82, 2.24) is 4.90 Å². The Morgan fingerprint density at radius 1 is 1.35 bits per heavy atom. The molecular weight excluding hydrogens is 256 g/mol. The first-order chi connectivity index (χ1) is 9.81. The fourth-order valence-corrected chi connectivity index (χ4v) is 2.40. The molecule has 0 saturated heterocycles. The van der Waals surface area contributed by atoms with Gasteiger partial charge in [0.1, 0.15) is 13.2 Å². The second kappa shape index (κ2) is 5.41. The molecule has 3 rings (SSSR count). The number of benzene rings is 1. The van der Waals surface area contributed by atoms with Gasteiger partial charge >= 0.3 is 0 Å². The minimum atomic E-state index is -0.0647. The van der Waals surface area contributed by atoms with Crippen LogP contribution in [-0.4, -0.2) is 36.6 Å². The number of fused-ring (bicyclic) bond motifs is 1. The molecule has 0 atom stereocenters. The van der Waals surface area contributed by atoms with Crippen LogP contribution in [0.2, 0.25) is 0 Å². The Bertz CT molecular complexity index is 561. The maximum absolute atomic E-state index is 12.7. The Morgan fingerprint density at radius 2 is 2.15 bits per heavy atom. The van der Waals surface area contributed by atoms with Crippen molar-refractivity contribution in [2.75, 3.05) is 19.8 Å². The molecule has 5 heteroatoms. The van der Waals surface area contributed by atoms with Crippen LogP contribution in [-0.2, 0) is 0 Å². The van der Waals surface area contributed by atoms with E-state index < -0.39 is 0 Å². The van der Waals surface area contributed by atoms with Gasteiger partial charge in [-0.2, -0.15) is 5.26 Å². The average molecular weight is 272 g/mol. The molecule has 0 spiro atoms. The van der Waals surface area contributed by atoms with E-state index in [0.717, 1.165) is 12.8 Å². The smallest absolute Gasteiger partial charge is 0.258 e. The molecule has 0 aromatic heterocycles. The van der Waals surface area contributed by atoms with Crippen LogP contribution in [0.3, 0.4) is 0 Å². The highest BCUT2D eigenvalue weighted by Crippen LogP contribution is 2.36. The minimum Gasteiger partial charge on any atom is -0.486 e. The van der Waals surface area contributed by atoms with Gasteiger partial charge in [-0.1, -0.05) is 6.07 Å². The quantitative estimate of drug-likeness (QED) is 0.840. The summed E-state index contributed by atoms with van der Waals surface area (Å²) in [5.74, 6) is 1.09. The number of ether oxygens (including phenoxy) is 2. The lowest BCUT2D eigenvalue weighted by molar-refractivity contribution is 0.0736. The van der Waals surface area contributed by atoms with Gasteiger partial charge in [0, 0.05) is 12.6 Å². The molecular formula is C15H16N2O3. The second-order valence-corrected chi connectivity index (χ2v) is 4.97. The first kappa shape index (κ1) is 12.8. The van der Waals surface area contributed by atoms with Crippen LogP contribution in [0.4, 0.5) is 0 Å². The Kier molecular flexibility index (Phi) is 3.46. The van der Waals surface area contributed by atoms with Gasteiger partial charge in [-0.25, -0.2) is 0 Å². The number of hydrogen-bond donors (Lipinski definition) is 0. The Morgan fingerprint density at radius 3 is 2.90 bits per heavy atom. The molecule has 0 bridgehead atoms. The number of carbonyl (C=O) groups is 1. The predicted molar refractivity (Wildman–Crippen MR) is 71.7 cm³/mol. The highest BCUT2D eigenvalue weighted by atomic mass is 16.6. The molecule has 1 saturated carbocycles. The van der Waals surface area contributed by atoms with Crippen LogP contribution in [0, 0.1) is 11.3 Å². The highest BCUT2D eigenvalue weighted by molar-refractivity contribution is 5.98. The molecule has 1 aromatic rings. The fraction of sp³-hybridized carbons (Fsp3) is 0.467. The summed E-state index contributed by atoms with van der Waals surface area (Å²) in [7, 11) is 0. The molecule has 1 aliphatic heterocycles. The zero-order valence-electron chi connectivity index (χ0n) is 11.2. The van der Waals surface area contributed by atoms with Crippen molar-refractivity contribution < 1.29 is 14.3 Å². The topological polar surface area (TPSA) is 62.6 Å². The zero-order chi connectivity index (χ0) is 13.9. The fourth-order valence-electron chi connectivity index (χ4n) is 2.40. The molecule has 1 amide bonds. The van der Waals surface area contributed by atoms with E-state index in [1.54, 1.807) is 17.0 Å². The third-order valence-corrected chi connectivity index (χ3v) is 3.51. The van der Waals surface area contributed by atoms with Crippen molar-refractivity contribution in [3.8, 4) is 17.6 Å². The van der Waals surface area contributed by atoms with Crippen LogP contribution < -0.4 is 9.47 Å². The summed E-state index contributed by atoms with van der Waals surface area (Å²) in [5.41, 5.74) is 0.534. The Labute approximate surface area is 117 Å². The van der Waals surface area contributed by atoms with Crippen LogP contribution in [0.1, 0.15) is 29.6 Å². The molecule has 1 heterocycles. The Balaban J connectivity index is 1.87. The standard InChI is InChI=1S/C15H16N2O3/c16-7-2-8-17(11-5-6-11)15(18)12-3-1-4-13-14(12)20-10-9-19-13/h1,3-4,11H,2,5-6,8-10H2. The van der Waals surface area contributed by atoms with E-state index in [0.29, 0.717) is 43.2 Å². The van der Waals surface area contributed by atoms with Gasteiger partial charge in [0.15, 0.2) is 11.5 Å². The number of nitriles is 1. The number of rotatable bonds is 4. The van der Waals surface area contributed by atoms with E-state index >= 15 is 0 Å². The molecule has 20 heavy (non-hydrogen) atoms. The molecule has 1 fully saturated rings. The van der Waals surface area contributed by atoms with Crippen molar-refractivity contribution in [1.29, 1.82) is 5.26 Å². The summed E-state index contributed by atoms with van der Waals surface area (Å²) in [6.07, 6.45) is 2.39. The Hall–Kier alpha value is -2.22. The molecule has 104 valence electrons. The van der Waals surface area contributed by atoms with E-state index in [4.69, 9.17) is 14.7 Å². The third kappa shape index (κ3) is 2.42. The van der Waals surface area contributed by atoms with Gasteiger partial charge in [-0.3, -0.25) is 4.79 Å². The molecule has 1 aromatic carbocycles. The number of para-hydroxylation sites is 1. The zero-order valence-corrected chi connectivity index (χ0v) is 11.2. The summed E-state index contributed by atoms with van der Waals surface area (Å²) >= 11 is 0. The van der Waals surface area contributed by atoms with Gasteiger partial charge in [0.25, 0.3) is 5.91 Å². The second-order valence-electron chi connectivity index (χ2n) is 4.97. The van der Waals surface area contributed by atoms with Crippen molar-refractivity contribution in [2.24, 2.45) is 0 Å². The third-order valence-electron chi connectivity index (χ3n) is 3.51. The number of hydrogen-bond acceptors (Lipinski definition) is 4. The van der Waals surface area contributed by atoms with E-state index in [1.807, 2.05) is 6.07 Å². The van der Waals surface area contributed by atoms with Gasteiger partial charge < -0.3 is 14.4 Å². The van der Waals surface area contributed by atoms with E-state index in [1.165, 1.54) is 0 Å². The normalized spacial score (nSPS) is 16.4. The van der Waals surface area contributed by atoms with Gasteiger partial charge in [-0.05, 0) is 25.0 Å². The first-order valence-electron chi connectivity index (χ1n) is 6.88. The van der Waals surface area contributed by atoms with Crippen LogP contribution in [0.15, 0.2) is 18.2 Å². The van der Waals surface area contributed by atoms with Crippen molar-refractivity contribution in [3.63, 3.8) is 0 Å². The number of amides is 1. The van der Waals surface area contributed by atoms with Crippen LogP contribution >= 0.6 is 0 Å². The monoisotopic (exact) mass is 272 g/mol. The molecule has 1 aliphatic carbocycles. The molecule has 0 unspecified atom stereocenters. The summed E-state index contributed by atoms with van der Waals surface area (Å²) in [5, 5.41) is 8.73. The lowest BCUT2D eigenvalue weighted by atomic mass is 10.1. The molecule has 0 N–H and O–H groups in total. The summed E-state index contributed by atoms with van der Waals surface area (Å²) in [6.45, 7) is 1.44. The lowest BCUT2D eigenvalue weighted by Crippen LogP contribution is -2.34. The lowest BCUT2D eigenvalue weighted by Gasteiger charge is -2.25. The average Bonchev–Trinajstić information content (AvgIpc) is 3.31. The SMILES string of the molecule is N#CCCN(C(=O)c1cccc2c1OCCO2)C1CC1. The minimum absolute atomic E-state index is 0.0647.